The molecule has 60 valence electrons. The van der Waals surface area contributed by atoms with Crippen LogP contribution in [0.25, 0.3) is 0 Å². The molecule has 4 heteroatoms. The van der Waals surface area contributed by atoms with Gasteiger partial charge in [0, 0.05) is 9.75 Å². The van der Waals surface area contributed by atoms with Crippen LogP contribution >= 0.6 is 11.3 Å². The van der Waals surface area contributed by atoms with Gasteiger partial charge in [-0.2, -0.15) is 0 Å². The van der Waals surface area contributed by atoms with Gasteiger partial charge in [0.2, 0.25) is 5.91 Å². The van der Waals surface area contributed by atoms with Gasteiger partial charge in [-0.3, -0.25) is 4.79 Å². The van der Waals surface area contributed by atoms with Gasteiger partial charge in [0.1, 0.15) is 6.04 Å². The zero-order valence-corrected chi connectivity index (χ0v) is 7.02. The fraction of sp³-hybridized carbons (Fsp3) is 0.286. The minimum absolute atomic E-state index is 0.480. The molecule has 0 bridgehead atoms. The first-order valence-electron chi connectivity index (χ1n) is 3.22. The van der Waals surface area contributed by atoms with Crippen LogP contribution < -0.4 is 11.5 Å². The Morgan fingerprint density at radius 1 is 1.64 bits per heavy atom. The molecule has 1 unspecified atom stereocenters. The molecule has 11 heavy (non-hydrogen) atoms. The quantitative estimate of drug-likeness (QED) is 0.680. The van der Waals surface area contributed by atoms with Gasteiger partial charge in [-0.05, 0) is 19.1 Å². The maximum absolute atomic E-state index is 10.6. The first-order valence-corrected chi connectivity index (χ1v) is 4.04. The SMILES string of the molecule is Cc1ccc(C(N)C(N)=O)s1. The van der Waals surface area contributed by atoms with Crippen LogP contribution in [0, 0.1) is 6.92 Å². The number of thiophene rings is 1. The van der Waals surface area contributed by atoms with Crippen molar-refractivity contribution in [2.75, 3.05) is 0 Å². The summed E-state index contributed by atoms with van der Waals surface area (Å²) >= 11 is 1.50. The third kappa shape index (κ3) is 1.78. The minimum atomic E-state index is -0.645. The molecule has 0 spiro atoms. The van der Waals surface area contributed by atoms with Gasteiger partial charge in [-0.25, -0.2) is 0 Å². The Kier molecular flexibility index (Phi) is 2.26. The van der Waals surface area contributed by atoms with Crippen LogP contribution in [0.4, 0.5) is 0 Å². The molecule has 0 saturated heterocycles. The number of carbonyl (C=O) groups is 1. The van der Waals surface area contributed by atoms with Gasteiger partial charge in [0.25, 0.3) is 0 Å². The molecule has 3 nitrogen and oxygen atoms in total. The fourth-order valence-corrected chi connectivity index (χ4v) is 1.65. The highest BCUT2D eigenvalue weighted by atomic mass is 32.1. The van der Waals surface area contributed by atoms with E-state index in [0.717, 1.165) is 9.75 Å². The van der Waals surface area contributed by atoms with Crippen LogP contribution in [0.1, 0.15) is 15.8 Å². The van der Waals surface area contributed by atoms with Crippen molar-refractivity contribution >= 4 is 17.2 Å². The van der Waals surface area contributed by atoms with Crippen LogP contribution in [-0.4, -0.2) is 5.91 Å². The van der Waals surface area contributed by atoms with Crippen molar-refractivity contribution in [2.45, 2.75) is 13.0 Å². The normalized spacial score (nSPS) is 12.9. The molecule has 0 aliphatic heterocycles. The summed E-state index contributed by atoms with van der Waals surface area (Å²) in [7, 11) is 0. The molecule has 0 aromatic carbocycles. The third-order valence-corrected chi connectivity index (χ3v) is 2.46. The van der Waals surface area contributed by atoms with E-state index in [1.807, 2.05) is 19.1 Å². The Morgan fingerprint density at radius 3 is 2.64 bits per heavy atom. The largest absolute Gasteiger partial charge is 0.368 e. The monoisotopic (exact) mass is 170 g/mol. The lowest BCUT2D eigenvalue weighted by atomic mass is 10.2. The molecule has 1 rings (SSSR count). The number of hydrogen-bond donors (Lipinski definition) is 2. The molecule has 1 amide bonds. The summed E-state index contributed by atoms with van der Waals surface area (Å²) in [6.45, 7) is 1.96. The van der Waals surface area contributed by atoms with Crippen LogP contribution in [0.5, 0.6) is 0 Å². The lowest BCUT2D eigenvalue weighted by Gasteiger charge is -2.01. The molecule has 1 heterocycles. The number of aryl methyl sites for hydroxylation is 1. The smallest absolute Gasteiger partial charge is 0.239 e. The van der Waals surface area contributed by atoms with Gasteiger partial charge in [-0.1, -0.05) is 0 Å². The van der Waals surface area contributed by atoms with Crippen molar-refractivity contribution < 1.29 is 4.79 Å². The zero-order chi connectivity index (χ0) is 8.43. The van der Waals surface area contributed by atoms with Crippen molar-refractivity contribution in [1.29, 1.82) is 0 Å². The summed E-state index contributed by atoms with van der Waals surface area (Å²) in [5, 5.41) is 0. The highest BCUT2D eigenvalue weighted by Crippen LogP contribution is 2.20. The van der Waals surface area contributed by atoms with E-state index in [2.05, 4.69) is 0 Å². The second-order valence-corrected chi connectivity index (χ2v) is 3.65. The number of nitrogens with two attached hydrogens (primary N) is 2. The Bertz CT molecular complexity index is 269. The van der Waals surface area contributed by atoms with Crippen molar-refractivity contribution in [2.24, 2.45) is 11.5 Å². The van der Waals surface area contributed by atoms with Crippen molar-refractivity contribution in [1.82, 2.24) is 0 Å². The predicted molar refractivity (Wildman–Crippen MR) is 45.2 cm³/mol. The molecule has 0 radical (unpaired) electrons. The van der Waals surface area contributed by atoms with Crippen LogP contribution in [0.2, 0.25) is 0 Å². The third-order valence-electron chi connectivity index (χ3n) is 1.37. The second-order valence-electron chi connectivity index (χ2n) is 2.33. The lowest BCUT2D eigenvalue weighted by molar-refractivity contribution is -0.119. The summed E-state index contributed by atoms with van der Waals surface area (Å²) in [4.78, 5) is 12.6. The number of hydrogen-bond acceptors (Lipinski definition) is 3. The summed E-state index contributed by atoms with van der Waals surface area (Å²) in [5.41, 5.74) is 10.5. The van der Waals surface area contributed by atoms with E-state index < -0.39 is 11.9 Å². The Labute approximate surface area is 69.0 Å². The van der Waals surface area contributed by atoms with Crippen LogP contribution in [0.3, 0.4) is 0 Å². The Balaban J connectivity index is 2.84. The number of rotatable bonds is 2. The van der Waals surface area contributed by atoms with Crippen LogP contribution in [-0.2, 0) is 4.79 Å². The summed E-state index contributed by atoms with van der Waals surface area (Å²) < 4.78 is 0. The van der Waals surface area contributed by atoms with E-state index in [-0.39, 0.29) is 0 Å². The van der Waals surface area contributed by atoms with E-state index in [0.29, 0.717) is 0 Å². The minimum Gasteiger partial charge on any atom is -0.368 e. The molecule has 0 fully saturated rings. The zero-order valence-electron chi connectivity index (χ0n) is 6.20. The average molecular weight is 170 g/mol. The average Bonchev–Trinajstić information content (AvgIpc) is 2.34. The van der Waals surface area contributed by atoms with Gasteiger partial charge < -0.3 is 11.5 Å². The summed E-state index contributed by atoms with van der Waals surface area (Å²) in [6.07, 6.45) is 0. The molecule has 1 atom stereocenters. The van der Waals surface area contributed by atoms with E-state index in [1.54, 1.807) is 0 Å². The van der Waals surface area contributed by atoms with Crippen molar-refractivity contribution in [3.05, 3.63) is 21.9 Å². The van der Waals surface area contributed by atoms with Gasteiger partial charge >= 0.3 is 0 Å². The molecule has 0 aliphatic carbocycles. The van der Waals surface area contributed by atoms with E-state index in [4.69, 9.17) is 11.5 Å². The topological polar surface area (TPSA) is 69.1 Å². The highest BCUT2D eigenvalue weighted by molar-refractivity contribution is 7.12. The molecular formula is C7H10N2OS. The first kappa shape index (κ1) is 8.23. The van der Waals surface area contributed by atoms with Gasteiger partial charge in [0.05, 0.1) is 0 Å². The van der Waals surface area contributed by atoms with E-state index in [1.165, 1.54) is 11.3 Å². The highest BCUT2D eigenvalue weighted by Gasteiger charge is 2.12. The van der Waals surface area contributed by atoms with Gasteiger partial charge in [-0.15, -0.1) is 11.3 Å². The van der Waals surface area contributed by atoms with E-state index >= 15 is 0 Å². The maximum atomic E-state index is 10.6. The molecular weight excluding hydrogens is 160 g/mol. The van der Waals surface area contributed by atoms with Gasteiger partial charge in [0.15, 0.2) is 0 Å². The fourth-order valence-electron chi connectivity index (χ4n) is 0.761. The second kappa shape index (κ2) is 3.02. The standard InChI is InChI=1S/C7H10N2OS/c1-4-2-3-5(11-4)6(8)7(9)10/h2-3,6H,8H2,1H3,(H2,9,10). The summed E-state index contributed by atoms with van der Waals surface area (Å²) in [6, 6.07) is 3.10. The van der Waals surface area contributed by atoms with Crippen molar-refractivity contribution in [3.8, 4) is 0 Å². The first-order chi connectivity index (χ1) is 5.11. The number of primary amides is 1. The molecule has 0 aliphatic rings. The number of amides is 1. The molecule has 1 aromatic rings. The number of carbonyl (C=O) groups excluding carboxylic acids is 1. The lowest BCUT2D eigenvalue weighted by Crippen LogP contribution is -2.27. The molecule has 0 saturated carbocycles. The summed E-state index contributed by atoms with van der Waals surface area (Å²) in [5.74, 6) is -0.480. The van der Waals surface area contributed by atoms with E-state index in [9.17, 15) is 4.79 Å². The molecule has 1 aromatic heterocycles. The Hall–Kier alpha value is -0.870. The van der Waals surface area contributed by atoms with Crippen molar-refractivity contribution in [3.63, 3.8) is 0 Å². The Morgan fingerprint density at radius 2 is 2.27 bits per heavy atom. The maximum Gasteiger partial charge on any atom is 0.239 e. The van der Waals surface area contributed by atoms with Crippen LogP contribution in [0.15, 0.2) is 12.1 Å². The molecule has 4 N–H and O–H groups in total. The predicted octanol–water partition coefficient (Wildman–Crippen LogP) is 0.542.